The number of aryl methyl sites for hydroxylation is 1. The number of hydrogen-bond acceptors (Lipinski definition) is 5. The minimum atomic E-state index is -1.00. The second-order valence-corrected chi connectivity index (χ2v) is 6.90. The smallest absolute Gasteiger partial charge is 0.320 e. The van der Waals surface area contributed by atoms with Crippen LogP contribution in [0.1, 0.15) is 30.4 Å². The molecule has 29 heavy (non-hydrogen) atoms. The van der Waals surface area contributed by atoms with E-state index in [9.17, 15) is 4.79 Å². The number of carbonyl (C=O) groups is 1. The lowest BCUT2D eigenvalue weighted by Crippen LogP contribution is -2.32. The Morgan fingerprint density at radius 2 is 1.86 bits per heavy atom. The lowest BCUT2D eigenvalue weighted by Gasteiger charge is -2.09. The van der Waals surface area contributed by atoms with Crippen LogP contribution in [0.25, 0.3) is 11.5 Å². The van der Waals surface area contributed by atoms with Gasteiger partial charge in [-0.15, -0.1) is 0 Å². The van der Waals surface area contributed by atoms with Crippen LogP contribution in [0.4, 0.5) is 0 Å². The molecule has 0 saturated carbocycles. The molecular weight excluding hydrogens is 368 g/mol. The van der Waals surface area contributed by atoms with Crippen molar-refractivity contribution >= 4 is 5.97 Å². The lowest BCUT2D eigenvalue weighted by molar-refractivity contribution is -0.138. The van der Waals surface area contributed by atoms with Gasteiger partial charge in [-0.3, -0.25) is 4.79 Å². The Morgan fingerprint density at radius 3 is 2.52 bits per heavy atom. The number of ether oxygens (including phenoxy) is 1. The lowest BCUT2D eigenvalue weighted by atomic mass is 10.1. The van der Waals surface area contributed by atoms with Gasteiger partial charge >= 0.3 is 5.97 Å². The summed E-state index contributed by atoms with van der Waals surface area (Å²) in [6, 6.07) is 16.3. The Morgan fingerprint density at radius 1 is 1.14 bits per heavy atom. The van der Waals surface area contributed by atoms with E-state index in [4.69, 9.17) is 20.0 Å². The van der Waals surface area contributed by atoms with Crippen molar-refractivity contribution in [3.8, 4) is 17.2 Å². The maximum Gasteiger partial charge on any atom is 0.320 e. The third kappa shape index (κ3) is 5.68. The van der Waals surface area contributed by atoms with E-state index in [0.29, 0.717) is 18.9 Å². The largest absolute Gasteiger partial charge is 0.493 e. The Bertz CT molecular complexity index is 920. The topological polar surface area (TPSA) is 98.6 Å². The van der Waals surface area contributed by atoms with Crippen molar-refractivity contribution in [3.05, 3.63) is 71.6 Å². The van der Waals surface area contributed by atoms with Gasteiger partial charge in [0.05, 0.1) is 12.3 Å². The molecular formula is C23H26N2O4. The Hall–Kier alpha value is -3.12. The van der Waals surface area contributed by atoms with Crippen LogP contribution in [-0.2, 0) is 24.1 Å². The third-order valence-electron chi connectivity index (χ3n) is 4.58. The summed E-state index contributed by atoms with van der Waals surface area (Å²) in [5, 5.41) is 8.89. The summed E-state index contributed by atoms with van der Waals surface area (Å²) in [4.78, 5) is 15.5. The average Bonchev–Trinajstić information content (AvgIpc) is 3.13. The zero-order valence-corrected chi connectivity index (χ0v) is 16.5. The van der Waals surface area contributed by atoms with E-state index in [-0.39, 0.29) is 6.42 Å². The fraction of sp³-hybridized carbons (Fsp3) is 0.304. The molecule has 0 aliphatic heterocycles. The van der Waals surface area contributed by atoms with Crippen molar-refractivity contribution in [3.63, 3.8) is 0 Å². The van der Waals surface area contributed by atoms with Gasteiger partial charge in [0, 0.05) is 18.4 Å². The van der Waals surface area contributed by atoms with Gasteiger partial charge in [0.2, 0.25) is 5.89 Å². The number of aliphatic carboxylic acids is 1. The van der Waals surface area contributed by atoms with Crippen LogP contribution in [0.15, 0.2) is 59.0 Å². The Kier molecular flexibility index (Phi) is 7.03. The van der Waals surface area contributed by atoms with Gasteiger partial charge in [-0.25, -0.2) is 4.98 Å². The van der Waals surface area contributed by atoms with Crippen molar-refractivity contribution in [2.24, 2.45) is 5.73 Å². The molecule has 0 fully saturated rings. The van der Waals surface area contributed by atoms with Crippen molar-refractivity contribution in [2.75, 3.05) is 6.61 Å². The number of nitrogens with zero attached hydrogens (tertiary/aromatic N) is 1. The Labute approximate surface area is 170 Å². The highest BCUT2D eigenvalue weighted by molar-refractivity contribution is 5.73. The first-order valence-electron chi connectivity index (χ1n) is 9.81. The van der Waals surface area contributed by atoms with Crippen molar-refractivity contribution in [2.45, 2.75) is 38.6 Å². The number of benzene rings is 2. The predicted molar refractivity (Wildman–Crippen MR) is 111 cm³/mol. The van der Waals surface area contributed by atoms with E-state index in [1.807, 2.05) is 54.6 Å². The molecule has 1 heterocycles. The number of nitrogens with two attached hydrogens (primary N) is 1. The van der Waals surface area contributed by atoms with Gasteiger partial charge in [0.1, 0.15) is 17.6 Å². The van der Waals surface area contributed by atoms with Gasteiger partial charge in [-0.2, -0.15) is 0 Å². The van der Waals surface area contributed by atoms with Crippen molar-refractivity contribution < 1.29 is 19.1 Å². The number of carboxylic acid groups (broad SMARTS) is 1. The molecule has 3 rings (SSSR count). The van der Waals surface area contributed by atoms with Gasteiger partial charge < -0.3 is 20.0 Å². The maximum absolute atomic E-state index is 10.8. The number of hydrogen-bond donors (Lipinski definition) is 2. The van der Waals surface area contributed by atoms with Gasteiger partial charge in [-0.05, 0) is 42.7 Å². The van der Waals surface area contributed by atoms with E-state index in [2.05, 4.69) is 11.9 Å². The summed E-state index contributed by atoms with van der Waals surface area (Å²) in [5.74, 6) is 1.27. The molecule has 0 bridgehead atoms. The molecule has 152 valence electrons. The fourth-order valence-corrected chi connectivity index (χ4v) is 3.03. The normalized spacial score (nSPS) is 11.9. The van der Waals surface area contributed by atoms with E-state index < -0.39 is 12.0 Å². The zero-order valence-electron chi connectivity index (χ0n) is 16.5. The minimum absolute atomic E-state index is 0.289. The molecule has 1 atom stereocenters. The van der Waals surface area contributed by atoms with Crippen molar-refractivity contribution in [1.82, 2.24) is 4.98 Å². The summed E-state index contributed by atoms with van der Waals surface area (Å²) in [7, 11) is 0. The second kappa shape index (κ2) is 9.89. The van der Waals surface area contributed by atoms with Crippen LogP contribution in [0.2, 0.25) is 0 Å². The first kappa shape index (κ1) is 20.6. The third-order valence-corrected chi connectivity index (χ3v) is 4.58. The molecule has 0 spiro atoms. The predicted octanol–water partition coefficient (Wildman–Crippen LogP) is 3.87. The van der Waals surface area contributed by atoms with Crippen molar-refractivity contribution in [1.29, 1.82) is 0 Å². The van der Waals surface area contributed by atoms with Crippen LogP contribution in [0.3, 0.4) is 0 Å². The summed E-state index contributed by atoms with van der Waals surface area (Å²) < 4.78 is 11.8. The highest BCUT2D eigenvalue weighted by Crippen LogP contribution is 2.23. The van der Waals surface area contributed by atoms with Crippen LogP contribution >= 0.6 is 0 Å². The number of oxazole rings is 1. The molecule has 3 N–H and O–H groups in total. The SMILES string of the molecule is CCCc1oc(-c2ccccc2)nc1CCOc1ccc(C[C@H](N)C(=O)O)cc1. The number of carboxylic acids is 1. The number of rotatable bonds is 10. The second-order valence-electron chi connectivity index (χ2n) is 6.90. The van der Waals surface area contributed by atoms with Crippen LogP contribution < -0.4 is 10.5 Å². The zero-order chi connectivity index (χ0) is 20.6. The van der Waals surface area contributed by atoms with Gasteiger partial charge in [-0.1, -0.05) is 37.3 Å². The van der Waals surface area contributed by atoms with E-state index in [1.54, 1.807) is 0 Å². The molecule has 3 aromatic rings. The Balaban J connectivity index is 1.60. The fourth-order valence-electron chi connectivity index (χ4n) is 3.03. The van der Waals surface area contributed by atoms with Gasteiger partial charge in [0.25, 0.3) is 0 Å². The summed E-state index contributed by atoms with van der Waals surface area (Å²) in [5.41, 5.74) is 8.32. The molecule has 6 heteroatoms. The molecule has 0 aliphatic carbocycles. The van der Waals surface area contributed by atoms with Crippen LogP contribution in [0, 0.1) is 0 Å². The highest BCUT2D eigenvalue weighted by Gasteiger charge is 2.14. The molecule has 0 aliphatic rings. The molecule has 2 aromatic carbocycles. The summed E-state index contributed by atoms with van der Waals surface area (Å²) in [6.07, 6.45) is 2.76. The quantitative estimate of drug-likeness (QED) is 0.542. The van der Waals surface area contributed by atoms with Gasteiger partial charge in [0.15, 0.2) is 0 Å². The monoisotopic (exact) mass is 394 g/mol. The summed E-state index contributed by atoms with van der Waals surface area (Å²) >= 11 is 0. The first-order valence-corrected chi connectivity index (χ1v) is 9.81. The maximum atomic E-state index is 10.8. The summed E-state index contributed by atoms with van der Waals surface area (Å²) in [6.45, 7) is 2.59. The van der Waals surface area contributed by atoms with E-state index in [1.165, 1.54) is 0 Å². The average molecular weight is 394 g/mol. The highest BCUT2D eigenvalue weighted by atomic mass is 16.5. The number of aromatic nitrogens is 1. The van der Waals surface area contributed by atoms with E-state index >= 15 is 0 Å². The minimum Gasteiger partial charge on any atom is -0.493 e. The molecule has 0 unspecified atom stereocenters. The first-order chi connectivity index (χ1) is 14.1. The molecule has 1 aromatic heterocycles. The van der Waals surface area contributed by atoms with E-state index in [0.717, 1.165) is 41.2 Å². The van der Waals surface area contributed by atoms with Crippen LogP contribution in [0.5, 0.6) is 5.75 Å². The van der Waals surface area contributed by atoms with Crippen LogP contribution in [-0.4, -0.2) is 28.7 Å². The standard InChI is InChI=1S/C23H26N2O4/c1-2-6-21-20(25-22(29-21)17-7-4-3-5-8-17)13-14-28-18-11-9-16(10-12-18)15-19(24)23(26)27/h3-5,7-12,19H,2,6,13-15,24H2,1H3,(H,26,27)/t19-/m0/s1. The molecule has 6 nitrogen and oxygen atoms in total. The molecule has 0 radical (unpaired) electrons. The molecule has 0 saturated heterocycles. The molecule has 0 amide bonds.